The molecule has 126 valence electrons. The lowest BCUT2D eigenvalue weighted by Gasteiger charge is -2.11. The first-order valence-corrected chi connectivity index (χ1v) is 6.72. The fraction of sp³-hybridized carbons (Fsp3) is 0.133. The Morgan fingerprint density at radius 1 is 1.21 bits per heavy atom. The number of anilines is 2. The summed E-state index contributed by atoms with van der Waals surface area (Å²) in [5.74, 6) is -2.33. The number of halogens is 2. The highest BCUT2D eigenvalue weighted by molar-refractivity contribution is 5.94. The normalized spacial score (nSPS) is 10.1. The first kappa shape index (κ1) is 17.1. The summed E-state index contributed by atoms with van der Waals surface area (Å²) >= 11 is 0. The quantitative estimate of drug-likeness (QED) is 0.624. The predicted molar refractivity (Wildman–Crippen MR) is 83.1 cm³/mol. The molecule has 0 bridgehead atoms. The second-order valence-corrected chi connectivity index (χ2v) is 4.67. The lowest BCUT2D eigenvalue weighted by atomic mass is 10.2. The molecule has 24 heavy (non-hydrogen) atoms. The molecule has 2 aromatic carbocycles. The number of nitrogens with zero attached hydrogens (tertiary/aromatic N) is 1. The van der Waals surface area contributed by atoms with E-state index in [0.29, 0.717) is 5.75 Å². The van der Waals surface area contributed by atoms with E-state index < -0.39 is 22.5 Å². The number of nitrogens with one attached hydrogen (secondary N) is 2. The third-order valence-corrected chi connectivity index (χ3v) is 3.04. The van der Waals surface area contributed by atoms with Crippen molar-refractivity contribution in [1.82, 2.24) is 0 Å². The van der Waals surface area contributed by atoms with Crippen LogP contribution in [0.5, 0.6) is 5.75 Å². The molecular weight excluding hydrogens is 324 g/mol. The third kappa shape index (κ3) is 4.15. The molecule has 0 heterocycles. The SMILES string of the molecule is COc1ccc([N+](=O)[O-])cc1NCC(=O)Nc1ccc(F)c(F)c1. The van der Waals surface area contributed by atoms with E-state index in [1.165, 1.54) is 31.4 Å². The van der Waals surface area contributed by atoms with Gasteiger partial charge in [-0.15, -0.1) is 0 Å². The number of methoxy groups -OCH3 is 1. The minimum atomic E-state index is -1.08. The van der Waals surface area contributed by atoms with Crippen molar-refractivity contribution >= 4 is 23.0 Å². The van der Waals surface area contributed by atoms with Gasteiger partial charge in [0.05, 0.1) is 24.3 Å². The van der Waals surface area contributed by atoms with E-state index in [9.17, 15) is 23.7 Å². The Kier molecular flexibility index (Phi) is 5.25. The average Bonchev–Trinajstić information content (AvgIpc) is 2.56. The van der Waals surface area contributed by atoms with Crippen LogP contribution in [0.15, 0.2) is 36.4 Å². The minimum Gasteiger partial charge on any atom is -0.495 e. The standard InChI is InChI=1S/C15H13F2N3O4/c1-24-14-5-3-10(20(22)23)7-13(14)18-8-15(21)19-9-2-4-11(16)12(17)6-9/h2-7,18H,8H2,1H3,(H,19,21). The number of carbonyl (C=O) groups is 1. The first-order chi connectivity index (χ1) is 11.4. The van der Waals surface area contributed by atoms with Gasteiger partial charge in [0, 0.05) is 23.9 Å². The Bertz CT molecular complexity index is 783. The molecule has 7 nitrogen and oxygen atoms in total. The molecule has 0 radical (unpaired) electrons. The molecule has 2 N–H and O–H groups in total. The van der Waals surface area contributed by atoms with E-state index in [-0.39, 0.29) is 23.6 Å². The van der Waals surface area contributed by atoms with Gasteiger partial charge in [-0.2, -0.15) is 0 Å². The average molecular weight is 337 g/mol. The Hall–Kier alpha value is -3.23. The number of amides is 1. The van der Waals surface area contributed by atoms with Crippen molar-refractivity contribution in [3.05, 3.63) is 58.1 Å². The fourth-order valence-electron chi connectivity index (χ4n) is 1.90. The zero-order valence-corrected chi connectivity index (χ0v) is 12.5. The molecule has 0 spiro atoms. The molecule has 0 unspecified atom stereocenters. The maximum Gasteiger partial charge on any atom is 0.271 e. The number of nitro groups is 1. The molecule has 0 fully saturated rings. The Labute approximate surface area is 135 Å². The molecule has 0 saturated carbocycles. The molecule has 2 aromatic rings. The van der Waals surface area contributed by atoms with E-state index in [2.05, 4.69) is 10.6 Å². The largest absolute Gasteiger partial charge is 0.495 e. The minimum absolute atomic E-state index is 0.0895. The number of rotatable bonds is 6. The van der Waals surface area contributed by atoms with Gasteiger partial charge in [0.2, 0.25) is 5.91 Å². The van der Waals surface area contributed by atoms with E-state index in [1.807, 2.05) is 0 Å². The van der Waals surface area contributed by atoms with Crippen molar-refractivity contribution in [2.24, 2.45) is 0 Å². The highest BCUT2D eigenvalue weighted by atomic mass is 19.2. The Morgan fingerprint density at radius 3 is 2.58 bits per heavy atom. The number of hydrogen-bond donors (Lipinski definition) is 2. The zero-order chi connectivity index (χ0) is 17.7. The predicted octanol–water partition coefficient (Wildman–Crippen LogP) is 2.93. The number of carbonyl (C=O) groups excluding carboxylic acids is 1. The second kappa shape index (κ2) is 7.36. The van der Waals surface area contributed by atoms with Crippen LogP contribution < -0.4 is 15.4 Å². The topological polar surface area (TPSA) is 93.5 Å². The van der Waals surface area contributed by atoms with Crippen LogP contribution in [0, 0.1) is 21.7 Å². The van der Waals surface area contributed by atoms with Crippen LogP contribution in [0.2, 0.25) is 0 Å². The highest BCUT2D eigenvalue weighted by Crippen LogP contribution is 2.28. The number of ether oxygens (including phenoxy) is 1. The van der Waals surface area contributed by atoms with Gasteiger partial charge in [0.15, 0.2) is 11.6 Å². The van der Waals surface area contributed by atoms with Gasteiger partial charge in [-0.25, -0.2) is 8.78 Å². The molecule has 0 aliphatic carbocycles. The summed E-state index contributed by atoms with van der Waals surface area (Å²) in [4.78, 5) is 22.0. The van der Waals surface area contributed by atoms with Crippen LogP contribution in [0.25, 0.3) is 0 Å². The molecular formula is C15H13F2N3O4. The van der Waals surface area contributed by atoms with Crippen molar-refractivity contribution in [2.75, 3.05) is 24.3 Å². The molecule has 0 aliphatic heterocycles. The summed E-state index contributed by atoms with van der Waals surface area (Å²) in [6.45, 7) is -0.253. The van der Waals surface area contributed by atoms with Crippen LogP contribution in [-0.2, 0) is 4.79 Å². The van der Waals surface area contributed by atoms with Crippen molar-refractivity contribution in [2.45, 2.75) is 0 Å². The van der Waals surface area contributed by atoms with Gasteiger partial charge in [-0.05, 0) is 18.2 Å². The zero-order valence-electron chi connectivity index (χ0n) is 12.5. The lowest BCUT2D eigenvalue weighted by Crippen LogP contribution is -2.22. The van der Waals surface area contributed by atoms with Crippen molar-refractivity contribution in [1.29, 1.82) is 0 Å². The summed E-state index contributed by atoms with van der Waals surface area (Å²) in [5, 5.41) is 15.9. The lowest BCUT2D eigenvalue weighted by molar-refractivity contribution is -0.384. The van der Waals surface area contributed by atoms with Gasteiger partial charge < -0.3 is 15.4 Å². The Balaban J connectivity index is 2.04. The van der Waals surface area contributed by atoms with Crippen molar-refractivity contribution in [3.63, 3.8) is 0 Å². The van der Waals surface area contributed by atoms with Crippen LogP contribution in [0.3, 0.4) is 0 Å². The Morgan fingerprint density at radius 2 is 1.96 bits per heavy atom. The van der Waals surface area contributed by atoms with Crippen LogP contribution >= 0.6 is 0 Å². The number of hydrogen-bond acceptors (Lipinski definition) is 5. The van der Waals surface area contributed by atoms with Crippen molar-refractivity contribution in [3.8, 4) is 5.75 Å². The summed E-state index contributed by atoms with van der Waals surface area (Å²) in [7, 11) is 1.38. The molecule has 0 atom stereocenters. The summed E-state index contributed by atoms with van der Waals surface area (Å²) < 4.78 is 31.0. The number of nitro benzene ring substituents is 1. The molecule has 2 rings (SSSR count). The van der Waals surface area contributed by atoms with Gasteiger partial charge in [-0.1, -0.05) is 0 Å². The van der Waals surface area contributed by atoms with Crippen LogP contribution in [0.1, 0.15) is 0 Å². The monoisotopic (exact) mass is 337 g/mol. The molecule has 0 aliphatic rings. The van der Waals surface area contributed by atoms with E-state index >= 15 is 0 Å². The van der Waals surface area contributed by atoms with Gasteiger partial charge in [0.25, 0.3) is 5.69 Å². The van der Waals surface area contributed by atoms with Gasteiger partial charge >= 0.3 is 0 Å². The van der Waals surface area contributed by atoms with E-state index in [0.717, 1.165) is 12.1 Å². The van der Waals surface area contributed by atoms with Crippen LogP contribution in [-0.4, -0.2) is 24.5 Å². The highest BCUT2D eigenvalue weighted by Gasteiger charge is 2.12. The fourth-order valence-corrected chi connectivity index (χ4v) is 1.90. The molecule has 9 heteroatoms. The summed E-state index contributed by atoms with van der Waals surface area (Å²) in [6.07, 6.45) is 0. The third-order valence-electron chi connectivity index (χ3n) is 3.04. The summed E-state index contributed by atoms with van der Waals surface area (Å²) in [6, 6.07) is 6.84. The molecule has 0 aromatic heterocycles. The van der Waals surface area contributed by atoms with Crippen molar-refractivity contribution < 1.29 is 23.2 Å². The first-order valence-electron chi connectivity index (χ1n) is 6.72. The van der Waals surface area contributed by atoms with Gasteiger partial charge in [-0.3, -0.25) is 14.9 Å². The smallest absolute Gasteiger partial charge is 0.271 e. The van der Waals surface area contributed by atoms with E-state index in [1.54, 1.807) is 0 Å². The summed E-state index contributed by atoms with van der Waals surface area (Å²) in [5.41, 5.74) is 0.179. The van der Waals surface area contributed by atoms with Gasteiger partial charge in [0.1, 0.15) is 5.75 Å². The van der Waals surface area contributed by atoms with E-state index in [4.69, 9.17) is 4.74 Å². The second-order valence-electron chi connectivity index (χ2n) is 4.67. The molecule has 0 saturated heterocycles. The van der Waals surface area contributed by atoms with Crippen LogP contribution in [0.4, 0.5) is 25.8 Å². The molecule has 1 amide bonds. The maximum atomic E-state index is 13.1. The number of non-ortho nitro benzene ring substituents is 1. The number of benzene rings is 2. The maximum absolute atomic E-state index is 13.1.